The van der Waals surface area contributed by atoms with Crippen LogP contribution in [0.25, 0.3) is 0 Å². The van der Waals surface area contributed by atoms with E-state index >= 15 is 0 Å². The molecule has 3 unspecified atom stereocenters. The first-order chi connectivity index (χ1) is 15.2. The van der Waals surface area contributed by atoms with Gasteiger partial charge in [0, 0.05) is 12.1 Å². The summed E-state index contributed by atoms with van der Waals surface area (Å²) in [6.07, 6.45) is 0.836. The highest BCUT2D eigenvalue weighted by Crippen LogP contribution is 2.47. The number of fused-ring (bicyclic) bond motifs is 1. The molecule has 3 rings (SSSR count). The van der Waals surface area contributed by atoms with Crippen molar-refractivity contribution < 1.29 is 39.7 Å². The molecule has 1 aliphatic rings. The predicted molar refractivity (Wildman–Crippen MR) is 117 cm³/mol. The summed E-state index contributed by atoms with van der Waals surface area (Å²) < 4.78 is 16.9. The molecule has 0 saturated heterocycles. The maximum absolute atomic E-state index is 10.6. The molecule has 8 nitrogen and oxygen atoms in total. The molecular weight excluding hydrogens is 416 g/mol. The van der Waals surface area contributed by atoms with E-state index in [1.165, 1.54) is 19.3 Å². The number of phenols is 2. The molecule has 0 saturated carbocycles. The van der Waals surface area contributed by atoms with Gasteiger partial charge in [0.15, 0.2) is 17.6 Å². The zero-order chi connectivity index (χ0) is 23.4. The van der Waals surface area contributed by atoms with Crippen LogP contribution in [0.1, 0.15) is 30.3 Å². The van der Waals surface area contributed by atoms with Crippen molar-refractivity contribution in [3.8, 4) is 28.7 Å². The van der Waals surface area contributed by atoms with E-state index in [4.69, 9.17) is 14.2 Å². The normalized spacial score (nSPS) is 20.5. The third-order valence-corrected chi connectivity index (χ3v) is 5.00. The molecule has 0 aliphatic carbocycles. The third kappa shape index (κ3) is 4.82. The maximum atomic E-state index is 10.6. The van der Waals surface area contributed by atoms with Gasteiger partial charge in [0.05, 0.1) is 12.7 Å². The van der Waals surface area contributed by atoms with Gasteiger partial charge in [-0.2, -0.15) is 0 Å². The highest BCUT2D eigenvalue weighted by molar-refractivity contribution is 5.53. The van der Waals surface area contributed by atoms with Crippen LogP contribution in [0.2, 0.25) is 0 Å². The monoisotopic (exact) mass is 442 g/mol. The minimum absolute atomic E-state index is 0.00371. The Kier molecular flexibility index (Phi) is 6.97. The lowest BCUT2D eigenvalue weighted by Crippen LogP contribution is -2.34. The zero-order valence-electron chi connectivity index (χ0n) is 17.7. The summed E-state index contributed by atoms with van der Waals surface area (Å²) in [5, 5.41) is 50.4. The molecule has 0 aromatic heterocycles. The summed E-state index contributed by atoms with van der Waals surface area (Å²) in [7, 11) is 1.48. The largest absolute Gasteiger partial charge is 0.508 e. The van der Waals surface area contributed by atoms with Crippen molar-refractivity contribution in [3.05, 3.63) is 77.6 Å². The van der Waals surface area contributed by atoms with Crippen molar-refractivity contribution in [2.24, 2.45) is 0 Å². The second-order valence-corrected chi connectivity index (χ2v) is 7.25. The van der Waals surface area contributed by atoms with E-state index < -0.39 is 18.3 Å². The van der Waals surface area contributed by atoms with Crippen molar-refractivity contribution in [2.45, 2.75) is 25.2 Å². The van der Waals surface area contributed by atoms with E-state index in [-0.39, 0.29) is 35.2 Å². The van der Waals surface area contributed by atoms with Gasteiger partial charge in [0.1, 0.15) is 41.8 Å². The number of phenolic OH excluding ortho intramolecular Hbond substituents is 2. The summed E-state index contributed by atoms with van der Waals surface area (Å²) in [4.78, 5) is 0. The Labute approximate surface area is 185 Å². The number of aromatic hydroxyl groups is 2. The lowest BCUT2D eigenvalue weighted by atomic mass is 9.91. The number of rotatable bonds is 7. The standard InChI is InChI=1S/C24H26O8/c1-4-15(25)7-5-13(2)12-31-19-9-14(6-8-18(19)30-3)24-23(29)22(28)21-17(27)10-16(26)11-20(21)32-24/h4-11,22-29H,2,12H2,1,3H3/b7-5-,15-4+. The SMILES string of the molecule is C=C(/C=C\C(O)=C/C)COc1cc(C2Oc3cc(O)cc(O)c3C(O)C2O)ccc1OC. The van der Waals surface area contributed by atoms with E-state index in [0.29, 0.717) is 22.6 Å². The molecule has 1 heterocycles. The van der Waals surface area contributed by atoms with Gasteiger partial charge in [0.2, 0.25) is 0 Å². The van der Waals surface area contributed by atoms with E-state index in [1.54, 1.807) is 37.3 Å². The molecule has 2 aromatic rings. The highest BCUT2D eigenvalue weighted by Gasteiger charge is 2.39. The highest BCUT2D eigenvalue weighted by atomic mass is 16.5. The number of benzene rings is 2. The smallest absolute Gasteiger partial charge is 0.162 e. The molecule has 0 bridgehead atoms. The molecule has 0 radical (unpaired) electrons. The van der Waals surface area contributed by atoms with Crippen LogP contribution in [0.5, 0.6) is 28.7 Å². The first kappa shape index (κ1) is 23.1. The Morgan fingerprint density at radius 2 is 1.88 bits per heavy atom. The first-order valence-corrected chi connectivity index (χ1v) is 9.85. The van der Waals surface area contributed by atoms with Gasteiger partial charge in [-0.1, -0.05) is 18.7 Å². The number of hydrogen-bond acceptors (Lipinski definition) is 8. The maximum Gasteiger partial charge on any atom is 0.162 e. The van der Waals surface area contributed by atoms with Crippen molar-refractivity contribution in [1.82, 2.24) is 0 Å². The van der Waals surface area contributed by atoms with Crippen LogP contribution in [0.3, 0.4) is 0 Å². The minimum Gasteiger partial charge on any atom is -0.508 e. The molecule has 2 aromatic carbocycles. The van der Waals surface area contributed by atoms with Crippen LogP contribution in [0, 0.1) is 0 Å². The van der Waals surface area contributed by atoms with Gasteiger partial charge < -0.3 is 39.7 Å². The topological polar surface area (TPSA) is 129 Å². The van der Waals surface area contributed by atoms with Crippen LogP contribution in [-0.2, 0) is 0 Å². The number of aliphatic hydroxyl groups excluding tert-OH is 3. The van der Waals surface area contributed by atoms with Crippen LogP contribution in [0.4, 0.5) is 0 Å². The van der Waals surface area contributed by atoms with Gasteiger partial charge in [-0.25, -0.2) is 0 Å². The number of hydrogen-bond donors (Lipinski definition) is 5. The Morgan fingerprint density at radius 3 is 2.56 bits per heavy atom. The van der Waals surface area contributed by atoms with Gasteiger partial charge in [-0.05, 0) is 42.3 Å². The molecule has 0 fully saturated rings. The lowest BCUT2D eigenvalue weighted by Gasteiger charge is -2.35. The Hall–Kier alpha value is -3.62. The van der Waals surface area contributed by atoms with Gasteiger partial charge in [0.25, 0.3) is 0 Å². The van der Waals surface area contributed by atoms with Crippen LogP contribution >= 0.6 is 0 Å². The zero-order valence-corrected chi connectivity index (χ0v) is 17.7. The molecule has 5 N–H and O–H groups in total. The fourth-order valence-corrected chi connectivity index (χ4v) is 3.30. The van der Waals surface area contributed by atoms with E-state index in [1.807, 2.05) is 0 Å². The molecule has 170 valence electrons. The third-order valence-electron chi connectivity index (χ3n) is 5.00. The van der Waals surface area contributed by atoms with Crippen molar-refractivity contribution in [2.75, 3.05) is 13.7 Å². The fraction of sp³-hybridized carbons (Fsp3) is 0.250. The second kappa shape index (κ2) is 9.67. The van der Waals surface area contributed by atoms with Gasteiger partial charge >= 0.3 is 0 Å². The average Bonchev–Trinajstić information content (AvgIpc) is 2.77. The van der Waals surface area contributed by atoms with Crippen LogP contribution in [-0.4, -0.2) is 45.4 Å². The number of ether oxygens (including phenoxy) is 3. The van der Waals surface area contributed by atoms with Gasteiger partial charge in [-0.3, -0.25) is 0 Å². The first-order valence-electron chi connectivity index (χ1n) is 9.85. The summed E-state index contributed by atoms with van der Waals surface area (Å²) in [5.41, 5.74) is 1.08. The number of aliphatic hydroxyl groups is 3. The summed E-state index contributed by atoms with van der Waals surface area (Å²) >= 11 is 0. The van der Waals surface area contributed by atoms with Crippen LogP contribution in [0.15, 0.2) is 66.5 Å². The van der Waals surface area contributed by atoms with E-state index in [2.05, 4.69) is 6.58 Å². The van der Waals surface area contributed by atoms with E-state index in [0.717, 1.165) is 6.07 Å². The minimum atomic E-state index is -1.43. The molecule has 0 amide bonds. The van der Waals surface area contributed by atoms with Gasteiger partial charge in [-0.15, -0.1) is 0 Å². The lowest BCUT2D eigenvalue weighted by molar-refractivity contribution is -0.0711. The predicted octanol–water partition coefficient (Wildman–Crippen LogP) is 3.59. The Morgan fingerprint density at radius 1 is 1.12 bits per heavy atom. The summed E-state index contributed by atoms with van der Waals surface area (Å²) in [5.74, 6) is 0.334. The Balaban J connectivity index is 1.86. The molecule has 1 aliphatic heterocycles. The molecule has 32 heavy (non-hydrogen) atoms. The summed E-state index contributed by atoms with van der Waals surface area (Å²) in [6.45, 7) is 5.68. The number of methoxy groups -OCH3 is 1. The van der Waals surface area contributed by atoms with Crippen LogP contribution < -0.4 is 14.2 Å². The molecular formula is C24H26O8. The quantitative estimate of drug-likeness (QED) is 0.325. The van der Waals surface area contributed by atoms with Crippen molar-refractivity contribution in [1.29, 1.82) is 0 Å². The molecule has 8 heteroatoms. The van der Waals surface area contributed by atoms with E-state index in [9.17, 15) is 25.5 Å². The summed E-state index contributed by atoms with van der Waals surface area (Å²) in [6, 6.07) is 7.21. The Bertz CT molecular complexity index is 1060. The average molecular weight is 442 g/mol. The second-order valence-electron chi connectivity index (χ2n) is 7.25. The molecule has 0 spiro atoms. The number of allylic oxidation sites excluding steroid dienone is 2. The molecule has 3 atom stereocenters. The van der Waals surface area contributed by atoms with Crippen molar-refractivity contribution in [3.63, 3.8) is 0 Å². The van der Waals surface area contributed by atoms with Crippen molar-refractivity contribution >= 4 is 0 Å². The fourth-order valence-electron chi connectivity index (χ4n) is 3.30.